The van der Waals surface area contributed by atoms with E-state index in [0.717, 1.165) is 19.3 Å². The van der Waals surface area contributed by atoms with Gasteiger partial charge in [-0.2, -0.15) is 0 Å². The van der Waals surface area contributed by atoms with E-state index in [-0.39, 0.29) is 38.5 Å². The van der Waals surface area contributed by atoms with Gasteiger partial charge in [0.1, 0.15) is 11.8 Å². The number of rotatable bonds is 26. The van der Waals surface area contributed by atoms with E-state index in [1.165, 1.54) is 57.8 Å². The van der Waals surface area contributed by atoms with Crippen LogP contribution in [0.3, 0.4) is 0 Å². The van der Waals surface area contributed by atoms with Crippen LogP contribution >= 0.6 is 0 Å². The molecule has 0 heterocycles. The number of amides is 1. The Morgan fingerprint density at radius 1 is 0.667 bits per heavy atom. The van der Waals surface area contributed by atoms with Gasteiger partial charge < -0.3 is 32.1 Å². The summed E-state index contributed by atoms with van der Waals surface area (Å²) in [6.45, 7) is 2.22. The Bertz CT molecular complexity index is 757. The fourth-order valence-corrected chi connectivity index (χ4v) is 4.56. The van der Waals surface area contributed by atoms with Crippen LogP contribution in [0.4, 0.5) is 0 Å². The van der Waals surface area contributed by atoms with Crippen molar-refractivity contribution in [1.82, 2.24) is 5.32 Å². The van der Waals surface area contributed by atoms with Crippen LogP contribution in [0.1, 0.15) is 129 Å². The van der Waals surface area contributed by atoms with Crippen molar-refractivity contribution < 1.29 is 39.3 Å². The van der Waals surface area contributed by atoms with Gasteiger partial charge in [-0.1, -0.05) is 84.0 Å². The number of hydrogen-bond donors (Lipinski definition) is 6. The average Bonchev–Trinajstić information content (AvgIpc) is 2.86. The maximum absolute atomic E-state index is 12.7. The summed E-state index contributed by atoms with van der Waals surface area (Å²) in [5, 5.41) is 30.0. The van der Waals surface area contributed by atoms with Crippen LogP contribution in [-0.4, -0.2) is 56.6 Å². The molecule has 0 saturated heterocycles. The summed E-state index contributed by atoms with van der Waals surface area (Å²) >= 11 is 0. The third kappa shape index (κ3) is 17.6. The normalized spacial score (nSPS) is 13.0. The Morgan fingerprint density at radius 2 is 1.15 bits per heavy atom. The van der Waals surface area contributed by atoms with Gasteiger partial charge >= 0.3 is 17.9 Å². The lowest BCUT2D eigenvalue weighted by Crippen LogP contribution is -2.63. The van der Waals surface area contributed by atoms with Crippen molar-refractivity contribution in [3.05, 3.63) is 0 Å². The molecule has 0 unspecified atom stereocenters. The number of unbranched alkanes of at least 4 members (excludes halogenated alkanes) is 12. The summed E-state index contributed by atoms with van der Waals surface area (Å²) in [5.41, 5.74) is 8.84. The van der Waals surface area contributed by atoms with Crippen LogP contribution in [0.5, 0.6) is 0 Å². The molecular formula is C28H51N3O8. The minimum atomic E-state index is -2.42. The number of aliphatic carboxylic acids is 3. The van der Waals surface area contributed by atoms with E-state index in [0.29, 0.717) is 6.42 Å². The molecule has 8 N–H and O–H groups in total. The minimum absolute atomic E-state index is 0.0204. The maximum Gasteiger partial charge on any atom is 0.339 e. The Labute approximate surface area is 232 Å². The van der Waals surface area contributed by atoms with Crippen molar-refractivity contribution in [2.45, 2.75) is 141 Å². The maximum atomic E-state index is 12.7. The highest BCUT2D eigenvalue weighted by molar-refractivity contribution is 5.91. The number of carboxylic acids is 3. The molecule has 0 aromatic heterocycles. The second-order valence-electron chi connectivity index (χ2n) is 10.5. The molecule has 226 valence electrons. The molecule has 0 bridgehead atoms. The molecule has 39 heavy (non-hydrogen) atoms. The zero-order valence-electron chi connectivity index (χ0n) is 23.6. The number of ketones is 1. The lowest BCUT2D eigenvalue weighted by atomic mass is 9.83. The predicted octanol–water partition coefficient (Wildman–Crippen LogP) is 3.96. The Morgan fingerprint density at radius 3 is 1.59 bits per heavy atom. The number of carboxylic acid groups (broad SMARTS) is 3. The van der Waals surface area contributed by atoms with Crippen molar-refractivity contribution in [3.63, 3.8) is 0 Å². The van der Waals surface area contributed by atoms with Gasteiger partial charge in [-0.3, -0.25) is 14.4 Å². The first-order valence-electron chi connectivity index (χ1n) is 14.5. The Balaban J connectivity index is 4.37. The van der Waals surface area contributed by atoms with Gasteiger partial charge in [-0.25, -0.2) is 9.59 Å². The van der Waals surface area contributed by atoms with Crippen molar-refractivity contribution in [3.8, 4) is 0 Å². The lowest BCUT2D eigenvalue weighted by molar-refractivity contribution is -0.149. The zero-order chi connectivity index (χ0) is 29.7. The van der Waals surface area contributed by atoms with E-state index in [1.54, 1.807) is 0 Å². The molecule has 0 aliphatic carbocycles. The van der Waals surface area contributed by atoms with Crippen molar-refractivity contribution in [2.75, 3.05) is 0 Å². The predicted molar refractivity (Wildman–Crippen MR) is 148 cm³/mol. The number of carbonyl (C=O) groups excluding carboxylic acids is 2. The topological polar surface area (TPSA) is 210 Å². The largest absolute Gasteiger partial charge is 0.481 e. The van der Waals surface area contributed by atoms with Gasteiger partial charge in [0.25, 0.3) is 0 Å². The lowest BCUT2D eigenvalue weighted by Gasteiger charge is -2.29. The van der Waals surface area contributed by atoms with Gasteiger partial charge in [-0.15, -0.1) is 0 Å². The van der Waals surface area contributed by atoms with Crippen LogP contribution in [0, 0.1) is 5.92 Å². The molecule has 0 spiro atoms. The van der Waals surface area contributed by atoms with E-state index in [9.17, 15) is 34.2 Å². The molecule has 0 aliphatic heterocycles. The third-order valence-electron chi connectivity index (χ3n) is 7.04. The second kappa shape index (κ2) is 21.3. The molecule has 0 saturated carbocycles. The molecule has 0 radical (unpaired) electrons. The van der Waals surface area contributed by atoms with Crippen LogP contribution in [0.2, 0.25) is 0 Å². The number of nitrogens with two attached hydrogens (primary N) is 2. The molecule has 2 atom stereocenters. The summed E-state index contributed by atoms with van der Waals surface area (Å²) < 4.78 is 0. The molecule has 0 fully saturated rings. The van der Waals surface area contributed by atoms with Crippen LogP contribution in [0.25, 0.3) is 0 Å². The van der Waals surface area contributed by atoms with Crippen molar-refractivity contribution in [1.29, 1.82) is 0 Å². The zero-order valence-corrected chi connectivity index (χ0v) is 23.6. The standard InChI is InChI=1S/C28H51N3O8/c1-2-3-4-5-6-7-8-9-10-11-12-13-14-17-24(33)31-22(26(36)37)19-20-23(32)21(16-15-18-25(34)35)28(29,30)27(38)39/h21-22H,2-20,29-30H2,1H3,(H,31,33)(H,34,35)(H,36,37)(H,38,39)/t21-,22-/m1/s1. The highest BCUT2D eigenvalue weighted by atomic mass is 16.4. The number of hydrogen-bond acceptors (Lipinski definition) is 7. The fourth-order valence-electron chi connectivity index (χ4n) is 4.56. The van der Waals surface area contributed by atoms with Crippen LogP contribution in [-0.2, 0) is 24.0 Å². The van der Waals surface area contributed by atoms with Gasteiger partial charge in [0, 0.05) is 19.3 Å². The highest BCUT2D eigenvalue weighted by Crippen LogP contribution is 2.22. The summed E-state index contributed by atoms with van der Waals surface area (Å²) in [5.74, 6) is -6.57. The number of nitrogens with one attached hydrogen (secondary N) is 1. The van der Waals surface area contributed by atoms with E-state index in [2.05, 4.69) is 12.2 Å². The average molecular weight is 558 g/mol. The highest BCUT2D eigenvalue weighted by Gasteiger charge is 2.42. The van der Waals surface area contributed by atoms with E-state index in [4.69, 9.17) is 16.6 Å². The monoisotopic (exact) mass is 557 g/mol. The number of carbonyl (C=O) groups is 5. The van der Waals surface area contributed by atoms with Gasteiger partial charge in [0.15, 0.2) is 5.66 Å². The van der Waals surface area contributed by atoms with E-state index in [1.807, 2.05) is 0 Å². The number of Topliss-reactive ketones (excluding diaryl/α,β-unsaturated/α-hetero) is 1. The molecule has 0 aromatic carbocycles. The first-order chi connectivity index (χ1) is 18.4. The molecule has 0 aromatic rings. The van der Waals surface area contributed by atoms with Crippen LogP contribution in [0.15, 0.2) is 0 Å². The van der Waals surface area contributed by atoms with Gasteiger partial charge in [-0.05, 0) is 25.7 Å². The SMILES string of the molecule is CCCCCCCCCCCCCCCC(=O)N[C@H](CCC(=O)[C@@H](CCCC(=O)O)C(N)(N)C(=O)O)C(=O)O. The molecule has 0 aliphatic rings. The van der Waals surface area contributed by atoms with Gasteiger partial charge in [0.2, 0.25) is 5.91 Å². The fraction of sp³-hybridized carbons (Fsp3) is 0.821. The van der Waals surface area contributed by atoms with E-state index >= 15 is 0 Å². The quantitative estimate of drug-likeness (QED) is 0.0665. The molecule has 11 heteroatoms. The molecular weight excluding hydrogens is 506 g/mol. The van der Waals surface area contributed by atoms with Crippen LogP contribution < -0.4 is 16.8 Å². The Kier molecular flexibility index (Phi) is 19.9. The smallest absolute Gasteiger partial charge is 0.339 e. The molecule has 1 amide bonds. The van der Waals surface area contributed by atoms with Crippen molar-refractivity contribution >= 4 is 29.6 Å². The summed E-state index contributed by atoms with van der Waals surface area (Å²) in [6.07, 6.45) is 14.3. The van der Waals surface area contributed by atoms with Crippen molar-refractivity contribution in [2.24, 2.45) is 17.4 Å². The molecule has 11 nitrogen and oxygen atoms in total. The Hall–Kier alpha value is -2.53. The first-order valence-corrected chi connectivity index (χ1v) is 14.5. The third-order valence-corrected chi connectivity index (χ3v) is 7.04. The minimum Gasteiger partial charge on any atom is -0.481 e. The summed E-state index contributed by atoms with van der Waals surface area (Å²) in [7, 11) is 0. The first kappa shape index (κ1) is 36.5. The molecule has 0 rings (SSSR count). The van der Waals surface area contributed by atoms with E-state index < -0.39 is 47.2 Å². The summed E-state index contributed by atoms with van der Waals surface area (Å²) in [6, 6.07) is -1.32. The second-order valence-corrected chi connectivity index (χ2v) is 10.5. The van der Waals surface area contributed by atoms with Gasteiger partial charge in [0.05, 0.1) is 5.92 Å². The summed E-state index contributed by atoms with van der Waals surface area (Å²) in [4.78, 5) is 58.8.